The SMILES string of the molecule is O=S(CC1CC1)NC1CCC1. The minimum absolute atomic E-state index is 0.578. The average Bonchev–Trinajstić information content (AvgIpc) is 2.62. The largest absolute Gasteiger partial charge is 0.243 e. The van der Waals surface area contributed by atoms with Crippen LogP contribution in [0.15, 0.2) is 0 Å². The van der Waals surface area contributed by atoms with E-state index in [2.05, 4.69) is 4.72 Å². The second kappa shape index (κ2) is 3.23. The van der Waals surface area contributed by atoms with Crippen molar-refractivity contribution in [2.75, 3.05) is 5.75 Å². The zero-order chi connectivity index (χ0) is 7.68. The lowest BCUT2D eigenvalue weighted by Gasteiger charge is -2.25. The Kier molecular flexibility index (Phi) is 2.28. The predicted molar refractivity (Wildman–Crippen MR) is 46.5 cm³/mol. The van der Waals surface area contributed by atoms with Crippen molar-refractivity contribution in [1.82, 2.24) is 4.72 Å². The molecule has 2 aliphatic carbocycles. The van der Waals surface area contributed by atoms with Crippen molar-refractivity contribution in [2.24, 2.45) is 5.92 Å². The molecule has 0 saturated heterocycles. The summed E-state index contributed by atoms with van der Waals surface area (Å²) in [6.07, 6.45) is 6.39. The zero-order valence-electron chi connectivity index (χ0n) is 6.71. The Balaban J connectivity index is 1.63. The lowest BCUT2D eigenvalue weighted by atomic mass is 9.94. The summed E-state index contributed by atoms with van der Waals surface area (Å²) in [5.41, 5.74) is 0. The maximum Gasteiger partial charge on any atom is 0.0920 e. The number of hydrogen-bond donors (Lipinski definition) is 1. The van der Waals surface area contributed by atoms with E-state index >= 15 is 0 Å². The molecule has 0 amide bonds. The molecule has 0 aliphatic heterocycles. The standard InChI is InChI=1S/C8H15NOS/c10-11(6-7-4-5-7)9-8-2-1-3-8/h7-9H,1-6H2. The Morgan fingerprint density at radius 2 is 2.00 bits per heavy atom. The molecule has 1 N–H and O–H groups in total. The highest BCUT2D eigenvalue weighted by molar-refractivity contribution is 7.83. The zero-order valence-corrected chi connectivity index (χ0v) is 7.53. The van der Waals surface area contributed by atoms with Gasteiger partial charge >= 0.3 is 0 Å². The minimum Gasteiger partial charge on any atom is -0.243 e. The summed E-state index contributed by atoms with van der Waals surface area (Å²) in [7, 11) is -0.716. The van der Waals surface area contributed by atoms with Crippen LogP contribution < -0.4 is 4.72 Å². The predicted octanol–water partition coefficient (Wildman–Crippen LogP) is 1.20. The van der Waals surface area contributed by atoms with E-state index in [4.69, 9.17) is 0 Å². The van der Waals surface area contributed by atoms with Crippen LogP contribution in [0.5, 0.6) is 0 Å². The van der Waals surface area contributed by atoms with E-state index in [-0.39, 0.29) is 0 Å². The van der Waals surface area contributed by atoms with Crippen molar-refractivity contribution in [3.63, 3.8) is 0 Å². The Morgan fingerprint density at radius 3 is 2.45 bits per heavy atom. The van der Waals surface area contributed by atoms with Crippen LogP contribution in [0.1, 0.15) is 32.1 Å². The Bertz CT molecular complexity index is 163. The summed E-state index contributed by atoms with van der Waals surface area (Å²) in [6.45, 7) is 0. The van der Waals surface area contributed by atoms with Crippen LogP contribution in [0, 0.1) is 5.92 Å². The van der Waals surface area contributed by atoms with Crippen LogP contribution in [-0.2, 0) is 11.0 Å². The van der Waals surface area contributed by atoms with Gasteiger partial charge in [-0.1, -0.05) is 6.42 Å². The molecule has 2 aliphatic rings. The summed E-state index contributed by atoms with van der Waals surface area (Å²) in [4.78, 5) is 0. The number of hydrogen-bond acceptors (Lipinski definition) is 1. The highest BCUT2D eigenvalue weighted by Crippen LogP contribution is 2.29. The third-order valence-corrected chi connectivity index (χ3v) is 3.86. The summed E-state index contributed by atoms with van der Waals surface area (Å²) in [6, 6.07) is 0.578. The first kappa shape index (κ1) is 7.74. The van der Waals surface area contributed by atoms with Gasteiger partial charge in [0.25, 0.3) is 0 Å². The Labute approximate surface area is 70.3 Å². The van der Waals surface area contributed by atoms with Crippen LogP contribution in [0.4, 0.5) is 0 Å². The third kappa shape index (κ3) is 2.27. The lowest BCUT2D eigenvalue weighted by Crippen LogP contribution is -2.37. The van der Waals surface area contributed by atoms with Gasteiger partial charge in [0.1, 0.15) is 0 Å². The van der Waals surface area contributed by atoms with Crippen LogP contribution >= 0.6 is 0 Å². The van der Waals surface area contributed by atoms with E-state index in [1.807, 2.05) is 0 Å². The molecular formula is C8H15NOS. The highest BCUT2D eigenvalue weighted by Gasteiger charge is 2.26. The van der Waals surface area contributed by atoms with Gasteiger partial charge in [0.2, 0.25) is 0 Å². The van der Waals surface area contributed by atoms with Crippen molar-refractivity contribution >= 4 is 11.0 Å². The summed E-state index contributed by atoms with van der Waals surface area (Å²) < 4.78 is 14.5. The molecule has 2 saturated carbocycles. The second-order valence-electron chi connectivity index (χ2n) is 3.70. The molecule has 1 atom stereocenters. The monoisotopic (exact) mass is 173 g/mol. The van der Waals surface area contributed by atoms with Crippen molar-refractivity contribution in [3.8, 4) is 0 Å². The molecule has 11 heavy (non-hydrogen) atoms. The molecule has 0 spiro atoms. The van der Waals surface area contributed by atoms with Crippen molar-refractivity contribution in [3.05, 3.63) is 0 Å². The number of rotatable bonds is 4. The van der Waals surface area contributed by atoms with Crippen molar-refractivity contribution in [1.29, 1.82) is 0 Å². The maximum atomic E-state index is 11.3. The molecule has 0 aromatic carbocycles. The fourth-order valence-electron chi connectivity index (χ4n) is 1.26. The fraction of sp³-hybridized carbons (Fsp3) is 1.00. The van der Waals surface area contributed by atoms with Gasteiger partial charge in [0.15, 0.2) is 0 Å². The van der Waals surface area contributed by atoms with Gasteiger partial charge in [-0.15, -0.1) is 0 Å². The van der Waals surface area contributed by atoms with Crippen molar-refractivity contribution < 1.29 is 4.21 Å². The smallest absolute Gasteiger partial charge is 0.0920 e. The van der Waals surface area contributed by atoms with Crippen LogP contribution in [0.3, 0.4) is 0 Å². The maximum absolute atomic E-state index is 11.3. The topological polar surface area (TPSA) is 29.1 Å². The van der Waals surface area contributed by atoms with Gasteiger partial charge in [-0.25, -0.2) is 8.93 Å². The molecule has 1 unspecified atom stereocenters. The van der Waals surface area contributed by atoms with Crippen LogP contribution in [0.2, 0.25) is 0 Å². The quantitative estimate of drug-likeness (QED) is 0.680. The Hall–Kier alpha value is 0.110. The van der Waals surface area contributed by atoms with Gasteiger partial charge < -0.3 is 0 Å². The molecule has 2 nitrogen and oxygen atoms in total. The minimum atomic E-state index is -0.716. The number of nitrogens with one attached hydrogen (secondary N) is 1. The molecule has 0 radical (unpaired) electrons. The lowest BCUT2D eigenvalue weighted by molar-refractivity contribution is 0.390. The molecule has 2 rings (SSSR count). The highest BCUT2D eigenvalue weighted by atomic mass is 32.2. The van der Waals surface area contributed by atoms with E-state index in [0.29, 0.717) is 6.04 Å². The van der Waals surface area contributed by atoms with Crippen molar-refractivity contribution in [2.45, 2.75) is 38.1 Å². The summed E-state index contributed by atoms with van der Waals surface area (Å²) >= 11 is 0. The normalized spacial score (nSPS) is 28.0. The van der Waals surface area contributed by atoms with Crippen LogP contribution in [-0.4, -0.2) is 16.0 Å². The molecule has 0 aromatic heterocycles. The summed E-state index contributed by atoms with van der Waals surface area (Å²) in [5, 5.41) is 0. The average molecular weight is 173 g/mol. The van der Waals surface area contributed by atoms with E-state index < -0.39 is 11.0 Å². The molecule has 2 fully saturated rings. The first-order valence-corrected chi connectivity index (χ1v) is 5.81. The molecule has 0 aromatic rings. The molecular weight excluding hydrogens is 158 g/mol. The van der Waals surface area contributed by atoms with Gasteiger partial charge in [-0.3, -0.25) is 0 Å². The molecule has 0 heterocycles. The van der Waals surface area contributed by atoms with E-state index in [9.17, 15) is 4.21 Å². The molecule has 3 heteroatoms. The molecule has 64 valence electrons. The molecule has 0 bridgehead atoms. The van der Waals surface area contributed by atoms with Gasteiger partial charge in [0.05, 0.1) is 11.0 Å². The van der Waals surface area contributed by atoms with Gasteiger partial charge in [-0.05, 0) is 31.6 Å². The fourth-order valence-corrected chi connectivity index (χ4v) is 2.72. The van der Waals surface area contributed by atoms with Gasteiger partial charge in [-0.2, -0.15) is 0 Å². The third-order valence-electron chi connectivity index (χ3n) is 2.49. The second-order valence-corrected chi connectivity index (χ2v) is 4.96. The first-order chi connectivity index (χ1) is 5.34. The van der Waals surface area contributed by atoms with E-state index in [1.165, 1.54) is 32.1 Å². The van der Waals surface area contributed by atoms with Crippen LogP contribution in [0.25, 0.3) is 0 Å². The first-order valence-electron chi connectivity index (χ1n) is 4.49. The summed E-state index contributed by atoms with van der Waals surface area (Å²) in [5.74, 6) is 1.68. The Morgan fingerprint density at radius 1 is 1.27 bits per heavy atom. The van der Waals surface area contributed by atoms with Gasteiger partial charge in [0, 0.05) is 11.8 Å². The van der Waals surface area contributed by atoms with E-state index in [1.54, 1.807) is 0 Å². The van der Waals surface area contributed by atoms with E-state index in [0.717, 1.165) is 11.7 Å².